The van der Waals surface area contributed by atoms with Gasteiger partial charge in [0.25, 0.3) is 0 Å². The first-order valence-electron chi connectivity index (χ1n) is 7.56. The summed E-state index contributed by atoms with van der Waals surface area (Å²) in [6, 6.07) is 9.17. The molecule has 0 unspecified atom stereocenters. The smallest absolute Gasteiger partial charge is 0.141 e. The molecular formula is C17H23N3. The maximum absolute atomic E-state index is 4.69. The highest BCUT2D eigenvalue weighted by Crippen LogP contribution is 2.34. The van der Waals surface area contributed by atoms with Gasteiger partial charge in [-0.1, -0.05) is 13.0 Å². The molecule has 20 heavy (non-hydrogen) atoms. The van der Waals surface area contributed by atoms with Crippen molar-refractivity contribution in [2.75, 3.05) is 13.1 Å². The second kappa shape index (κ2) is 5.41. The summed E-state index contributed by atoms with van der Waals surface area (Å²) < 4.78 is 2.28. The molecular weight excluding hydrogens is 246 g/mol. The second-order valence-electron chi connectivity index (χ2n) is 5.65. The van der Waals surface area contributed by atoms with E-state index in [1.807, 2.05) is 6.20 Å². The first kappa shape index (κ1) is 13.4. The number of pyridine rings is 1. The molecule has 3 nitrogen and oxygen atoms in total. The molecule has 1 fully saturated rings. The summed E-state index contributed by atoms with van der Waals surface area (Å²) >= 11 is 0. The van der Waals surface area contributed by atoms with Gasteiger partial charge in [0.15, 0.2) is 0 Å². The van der Waals surface area contributed by atoms with Crippen LogP contribution in [-0.4, -0.2) is 27.5 Å². The van der Waals surface area contributed by atoms with Crippen LogP contribution in [0.2, 0.25) is 0 Å². The third-order valence-corrected chi connectivity index (χ3v) is 4.43. The van der Waals surface area contributed by atoms with Crippen molar-refractivity contribution >= 4 is 0 Å². The minimum absolute atomic E-state index is 0.518. The van der Waals surface area contributed by atoms with E-state index in [1.165, 1.54) is 36.3 Å². The quantitative estimate of drug-likeness (QED) is 0.848. The molecule has 3 heterocycles. The molecule has 2 aromatic rings. The molecule has 1 aliphatic rings. The summed E-state index contributed by atoms with van der Waals surface area (Å²) in [4.78, 5) is 7.26. The molecule has 0 radical (unpaired) electrons. The molecule has 1 aliphatic heterocycles. The molecule has 0 aliphatic carbocycles. The zero-order valence-electron chi connectivity index (χ0n) is 12.6. The van der Waals surface area contributed by atoms with Crippen molar-refractivity contribution in [3.63, 3.8) is 0 Å². The Bertz CT molecular complexity index is 581. The Morgan fingerprint density at radius 2 is 1.95 bits per heavy atom. The third-order valence-electron chi connectivity index (χ3n) is 4.43. The largest absolute Gasteiger partial charge is 0.303 e. The van der Waals surface area contributed by atoms with Gasteiger partial charge in [0, 0.05) is 29.2 Å². The summed E-state index contributed by atoms with van der Waals surface area (Å²) in [5, 5.41) is 0. The molecule has 0 saturated carbocycles. The van der Waals surface area contributed by atoms with Gasteiger partial charge in [0.05, 0.1) is 0 Å². The summed E-state index contributed by atoms with van der Waals surface area (Å²) in [5.41, 5.74) is 3.88. The number of hydrogen-bond acceptors (Lipinski definition) is 2. The van der Waals surface area contributed by atoms with Crippen LogP contribution in [0, 0.1) is 13.8 Å². The van der Waals surface area contributed by atoms with Crippen LogP contribution in [0.15, 0.2) is 30.5 Å². The fourth-order valence-corrected chi connectivity index (χ4v) is 3.42. The van der Waals surface area contributed by atoms with Crippen LogP contribution >= 0.6 is 0 Å². The van der Waals surface area contributed by atoms with Crippen LogP contribution in [0.25, 0.3) is 5.82 Å². The first-order chi connectivity index (χ1) is 9.72. The Labute approximate surface area is 121 Å². The lowest BCUT2D eigenvalue weighted by Gasteiger charge is -2.25. The van der Waals surface area contributed by atoms with Gasteiger partial charge in [-0.25, -0.2) is 4.98 Å². The number of hydrogen-bond donors (Lipinski definition) is 0. The monoisotopic (exact) mass is 269 g/mol. The van der Waals surface area contributed by atoms with E-state index >= 15 is 0 Å². The Morgan fingerprint density at radius 1 is 1.20 bits per heavy atom. The molecule has 1 saturated heterocycles. The van der Waals surface area contributed by atoms with Crippen molar-refractivity contribution in [1.29, 1.82) is 0 Å². The number of likely N-dealkylation sites (tertiary alicyclic amines) is 1. The van der Waals surface area contributed by atoms with Crippen LogP contribution in [0.1, 0.15) is 42.8 Å². The minimum Gasteiger partial charge on any atom is -0.303 e. The van der Waals surface area contributed by atoms with E-state index in [-0.39, 0.29) is 0 Å². The Kier molecular flexibility index (Phi) is 3.62. The molecule has 1 atom stereocenters. The van der Waals surface area contributed by atoms with E-state index in [0.29, 0.717) is 6.04 Å². The maximum atomic E-state index is 4.69. The second-order valence-corrected chi connectivity index (χ2v) is 5.65. The van der Waals surface area contributed by atoms with E-state index < -0.39 is 0 Å². The number of nitrogens with zero attached hydrogens (tertiary/aromatic N) is 3. The van der Waals surface area contributed by atoms with E-state index in [9.17, 15) is 0 Å². The van der Waals surface area contributed by atoms with Gasteiger partial charge in [-0.15, -0.1) is 0 Å². The predicted molar refractivity (Wildman–Crippen MR) is 82.3 cm³/mol. The molecule has 3 rings (SSSR count). The molecule has 0 N–H and O–H groups in total. The lowest BCUT2D eigenvalue weighted by atomic mass is 10.1. The van der Waals surface area contributed by atoms with Crippen LogP contribution in [0.5, 0.6) is 0 Å². The van der Waals surface area contributed by atoms with Crippen molar-refractivity contribution in [3.05, 3.63) is 47.4 Å². The summed E-state index contributed by atoms with van der Waals surface area (Å²) in [6.45, 7) is 8.87. The van der Waals surface area contributed by atoms with Gasteiger partial charge < -0.3 is 4.57 Å². The van der Waals surface area contributed by atoms with Crippen molar-refractivity contribution in [3.8, 4) is 5.82 Å². The van der Waals surface area contributed by atoms with E-state index in [0.717, 1.165) is 12.4 Å². The Balaban J connectivity index is 2.09. The zero-order chi connectivity index (χ0) is 14.1. The van der Waals surface area contributed by atoms with Crippen LogP contribution in [0.4, 0.5) is 0 Å². The zero-order valence-corrected chi connectivity index (χ0v) is 12.6. The fraction of sp³-hybridized carbons (Fsp3) is 0.471. The van der Waals surface area contributed by atoms with Crippen molar-refractivity contribution in [1.82, 2.24) is 14.5 Å². The van der Waals surface area contributed by atoms with E-state index in [2.05, 4.69) is 54.5 Å². The fourth-order valence-electron chi connectivity index (χ4n) is 3.42. The normalized spacial score (nSPS) is 19.6. The number of rotatable bonds is 3. The molecule has 0 aromatic carbocycles. The maximum Gasteiger partial charge on any atom is 0.141 e. The molecule has 2 aromatic heterocycles. The predicted octanol–water partition coefficient (Wildman–Crippen LogP) is 3.65. The van der Waals surface area contributed by atoms with Gasteiger partial charge in [-0.3, -0.25) is 4.90 Å². The molecule has 106 valence electrons. The van der Waals surface area contributed by atoms with Crippen molar-refractivity contribution in [2.45, 2.75) is 39.7 Å². The van der Waals surface area contributed by atoms with Gasteiger partial charge in [-0.2, -0.15) is 0 Å². The molecule has 3 heteroatoms. The molecule has 0 amide bonds. The average Bonchev–Trinajstić information content (AvgIpc) is 3.06. The lowest BCUT2D eigenvalue weighted by molar-refractivity contribution is 0.271. The minimum atomic E-state index is 0.518. The van der Waals surface area contributed by atoms with Crippen molar-refractivity contribution in [2.24, 2.45) is 0 Å². The van der Waals surface area contributed by atoms with Crippen molar-refractivity contribution < 1.29 is 0 Å². The van der Waals surface area contributed by atoms with Gasteiger partial charge >= 0.3 is 0 Å². The Morgan fingerprint density at radius 3 is 2.65 bits per heavy atom. The molecule has 0 spiro atoms. The number of aromatic nitrogens is 2. The Hall–Kier alpha value is -1.61. The SMILES string of the molecule is CCN1CCC[C@@H]1c1cccnc1-n1c(C)ccc1C. The lowest BCUT2D eigenvalue weighted by Crippen LogP contribution is -2.24. The first-order valence-corrected chi connectivity index (χ1v) is 7.56. The van der Waals surface area contributed by atoms with Gasteiger partial charge in [0.1, 0.15) is 5.82 Å². The van der Waals surface area contributed by atoms with Crippen LogP contribution < -0.4 is 0 Å². The van der Waals surface area contributed by atoms with E-state index in [1.54, 1.807) is 0 Å². The molecule has 0 bridgehead atoms. The highest BCUT2D eigenvalue weighted by molar-refractivity contribution is 5.41. The van der Waals surface area contributed by atoms with Crippen LogP contribution in [0.3, 0.4) is 0 Å². The van der Waals surface area contributed by atoms with Gasteiger partial charge in [-0.05, 0) is 58.0 Å². The van der Waals surface area contributed by atoms with Gasteiger partial charge in [0.2, 0.25) is 0 Å². The van der Waals surface area contributed by atoms with E-state index in [4.69, 9.17) is 4.98 Å². The number of aryl methyl sites for hydroxylation is 2. The third kappa shape index (κ3) is 2.16. The van der Waals surface area contributed by atoms with Crippen LogP contribution in [-0.2, 0) is 0 Å². The summed E-state index contributed by atoms with van der Waals surface area (Å²) in [5.74, 6) is 1.11. The summed E-state index contributed by atoms with van der Waals surface area (Å²) in [6.07, 6.45) is 4.44. The summed E-state index contributed by atoms with van der Waals surface area (Å²) in [7, 11) is 0. The highest BCUT2D eigenvalue weighted by atomic mass is 15.2. The topological polar surface area (TPSA) is 21.1 Å². The average molecular weight is 269 g/mol. The highest BCUT2D eigenvalue weighted by Gasteiger charge is 2.27. The standard InChI is InChI=1S/C17H23N3/c1-4-19-12-6-8-16(19)15-7-5-11-18-17(15)20-13(2)9-10-14(20)3/h5,7,9-11,16H,4,6,8,12H2,1-3H3/t16-/m1/s1.